The molecule has 0 radical (unpaired) electrons. The molecular weight excluding hydrogens is 423 g/mol. The average molecular weight is 445 g/mol. The molecule has 0 atom stereocenters. The fraction of sp³-hybridized carbons (Fsp3) is 0.273. The lowest BCUT2D eigenvalue weighted by Crippen LogP contribution is -2.29. The Morgan fingerprint density at radius 2 is 1.64 bits per heavy atom. The van der Waals surface area contributed by atoms with E-state index in [4.69, 9.17) is 0 Å². The third-order valence-electron chi connectivity index (χ3n) is 4.77. The van der Waals surface area contributed by atoms with Gasteiger partial charge in [-0.1, -0.05) is 45.8 Å². The lowest BCUT2D eigenvalue weighted by Gasteiger charge is -2.20. The Morgan fingerprint density at radius 1 is 1.00 bits per heavy atom. The van der Waals surface area contributed by atoms with Crippen LogP contribution < -0.4 is 10.6 Å². The van der Waals surface area contributed by atoms with Gasteiger partial charge >= 0.3 is 0 Å². The molecule has 0 bridgehead atoms. The van der Waals surface area contributed by atoms with Crippen molar-refractivity contribution in [2.24, 2.45) is 0 Å². The van der Waals surface area contributed by atoms with Crippen LogP contribution in [-0.2, 0) is 16.1 Å². The number of anilines is 1. The van der Waals surface area contributed by atoms with Crippen molar-refractivity contribution in [3.63, 3.8) is 0 Å². The van der Waals surface area contributed by atoms with Gasteiger partial charge in [-0.25, -0.2) is 4.39 Å². The van der Waals surface area contributed by atoms with Crippen molar-refractivity contribution in [1.29, 1.82) is 0 Å². The zero-order chi connectivity index (χ0) is 20.1. The van der Waals surface area contributed by atoms with Crippen LogP contribution in [0.4, 0.5) is 10.1 Å². The van der Waals surface area contributed by atoms with Crippen LogP contribution in [0.2, 0.25) is 0 Å². The molecule has 0 fully saturated rings. The second-order valence-corrected chi connectivity index (χ2v) is 7.83. The molecule has 0 heterocycles. The number of benzene rings is 2. The summed E-state index contributed by atoms with van der Waals surface area (Å²) in [6.07, 6.45) is 2.75. The maximum atomic E-state index is 14.0. The quantitative estimate of drug-likeness (QED) is 0.679. The summed E-state index contributed by atoms with van der Waals surface area (Å²) >= 11 is 3.19. The number of aryl methyl sites for hydroxylation is 1. The summed E-state index contributed by atoms with van der Waals surface area (Å²) in [6, 6.07) is 12.4. The van der Waals surface area contributed by atoms with Gasteiger partial charge in [-0.05, 0) is 56.4 Å². The predicted octanol–water partition coefficient (Wildman–Crippen LogP) is 5.02. The Hall–Kier alpha value is -2.47. The van der Waals surface area contributed by atoms with E-state index in [-0.39, 0.29) is 11.6 Å². The largest absolute Gasteiger partial charge is 0.348 e. The van der Waals surface area contributed by atoms with E-state index in [2.05, 4.69) is 26.6 Å². The molecule has 4 nitrogen and oxygen atoms in total. The molecule has 2 amide bonds. The van der Waals surface area contributed by atoms with Gasteiger partial charge in [0, 0.05) is 22.2 Å². The second kappa shape index (κ2) is 9.15. The molecule has 0 saturated heterocycles. The first kappa shape index (κ1) is 20.3. The molecule has 2 N–H and O–H groups in total. The summed E-state index contributed by atoms with van der Waals surface area (Å²) in [5.41, 5.74) is 3.19. The van der Waals surface area contributed by atoms with E-state index in [1.807, 2.05) is 31.2 Å². The standard InChI is InChI=1S/C22H22BrFN2O2/c1-14-6-8-15(9-7-14)13-25-21(27)17-4-2-3-5-18(17)22(28)26-20-11-10-16(23)12-19(20)24/h6-12H,2-5,13H2,1H3,(H,25,27)(H,26,28). The fourth-order valence-electron chi connectivity index (χ4n) is 3.19. The Balaban J connectivity index is 1.73. The van der Waals surface area contributed by atoms with Gasteiger partial charge in [-0.15, -0.1) is 0 Å². The number of carbonyl (C=O) groups is 2. The monoisotopic (exact) mass is 444 g/mol. The summed E-state index contributed by atoms with van der Waals surface area (Å²) in [6.45, 7) is 2.41. The van der Waals surface area contributed by atoms with E-state index in [1.165, 1.54) is 12.1 Å². The number of hydrogen-bond acceptors (Lipinski definition) is 2. The first-order valence-electron chi connectivity index (χ1n) is 9.26. The van der Waals surface area contributed by atoms with Crippen molar-refractivity contribution in [2.75, 3.05) is 5.32 Å². The lowest BCUT2D eigenvalue weighted by atomic mass is 9.90. The molecular formula is C22H22BrFN2O2. The maximum absolute atomic E-state index is 14.0. The SMILES string of the molecule is Cc1ccc(CNC(=O)C2=C(C(=O)Nc3ccc(Br)cc3F)CCCC2)cc1. The highest BCUT2D eigenvalue weighted by molar-refractivity contribution is 9.10. The maximum Gasteiger partial charge on any atom is 0.252 e. The molecule has 6 heteroatoms. The number of nitrogens with one attached hydrogen (secondary N) is 2. The van der Waals surface area contributed by atoms with E-state index >= 15 is 0 Å². The smallest absolute Gasteiger partial charge is 0.252 e. The van der Waals surface area contributed by atoms with Crippen molar-refractivity contribution in [1.82, 2.24) is 5.32 Å². The molecule has 2 aromatic carbocycles. The highest BCUT2D eigenvalue weighted by atomic mass is 79.9. The number of hydrogen-bond donors (Lipinski definition) is 2. The van der Waals surface area contributed by atoms with E-state index in [0.29, 0.717) is 35.0 Å². The zero-order valence-electron chi connectivity index (χ0n) is 15.6. The van der Waals surface area contributed by atoms with E-state index < -0.39 is 11.7 Å². The van der Waals surface area contributed by atoms with Crippen LogP contribution in [0.1, 0.15) is 36.8 Å². The molecule has 0 aliphatic heterocycles. The summed E-state index contributed by atoms with van der Waals surface area (Å²) in [5, 5.41) is 5.50. The van der Waals surface area contributed by atoms with Gasteiger partial charge < -0.3 is 10.6 Å². The van der Waals surface area contributed by atoms with Crippen LogP contribution in [0.25, 0.3) is 0 Å². The highest BCUT2D eigenvalue weighted by Gasteiger charge is 2.24. The third-order valence-corrected chi connectivity index (χ3v) is 5.26. The molecule has 146 valence electrons. The van der Waals surface area contributed by atoms with Gasteiger partial charge in [0.2, 0.25) is 5.91 Å². The minimum absolute atomic E-state index is 0.102. The van der Waals surface area contributed by atoms with Crippen molar-refractivity contribution in [3.05, 3.63) is 75.0 Å². The normalized spacial score (nSPS) is 14.0. The predicted molar refractivity (Wildman–Crippen MR) is 111 cm³/mol. The van der Waals surface area contributed by atoms with Crippen LogP contribution in [0.3, 0.4) is 0 Å². The topological polar surface area (TPSA) is 58.2 Å². The molecule has 28 heavy (non-hydrogen) atoms. The van der Waals surface area contributed by atoms with Crippen LogP contribution in [0, 0.1) is 12.7 Å². The summed E-state index contributed by atoms with van der Waals surface area (Å²) < 4.78 is 14.6. The minimum atomic E-state index is -0.524. The van der Waals surface area contributed by atoms with Crippen LogP contribution >= 0.6 is 15.9 Å². The molecule has 0 aromatic heterocycles. The molecule has 2 aromatic rings. The molecule has 0 spiro atoms. The van der Waals surface area contributed by atoms with Gasteiger partial charge in [0.15, 0.2) is 0 Å². The van der Waals surface area contributed by atoms with Crippen molar-refractivity contribution >= 4 is 33.4 Å². The first-order chi connectivity index (χ1) is 13.4. The lowest BCUT2D eigenvalue weighted by molar-refractivity contribution is -0.119. The Morgan fingerprint density at radius 3 is 2.29 bits per heavy atom. The number of halogens is 2. The van der Waals surface area contributed by atoms with E-state index in [9.17, 15) is 14.0 Å². The number of amides is 2. The van der Waals surface area contributed by atoms with Crippen LogP contribution in [0.5, 0.6) is 0 Å². The molecule has 1 aliphatic carbocycles. The Bertz CT molecular complexity index is 923. The van der Waals surface area contributed by atoms with Gasteiger partial charge in [0.1, 0.15) is 5.82 Å². The van der Waals surface area contributed by atoms with Gasteiger partial charge in [-0.3, -0.25) is 9.59 Å². The van der Waals surface area contributed by atoms with Crippen molar-refractivity contribution < 1.29 is 14.0 Å². The van der Waals surface area contributed by atoms with E-state index in [0.717, 1.165) is 24.0 Å². The second-order valence-electron chi connectivity index (χ2n) is 6.91. The fourth-order valence-corrected chi connectivity index (χ4v) is 3.52. The zero-order valence-corrected chi connectivity index (χ0v) is 17.2. The van der Waals surface area contributed by atoms with Gasteiger partial charge in [0.05, 0.1) is 5.69 Å². The summed E-state index contributed by atoms with van der Waals surface area (Å²) in [5.74, 6) is -1.17. The number of rotatable bonds is 5. The first-order valence-corrected chi connectivity index (χ1v) is 10.1. The highest BCUT2D eigenvalue weighted by Crippen LogP contribution is 2.27. The number of carbonyl (C=O) groups excluding carboxylic acids is 2. The van der Waals surface area contributed by atoms with Crippen LogP contribution in [0.15, 0.2) is 58.1 Å². The summed E-state index contributed by atoms with van der Waals surface area (Å²) in [7, 11) is 0. The van der Waals surface area contributed by atoms with Crippen molar-refractivity contribution in [3.8, 4) is 0 Å². The average Bonchev–Trinajstić information content (AvgIpc) is 2.69. The minimum Gasteiger partial charge on any atom is -0.348 e. The van der Waals surface area contributed by atoms with Crippen molar-refractivity contribution in [2.45, 2.75) is 39.2 Å². The molecule has 3 rings (SSSR count). The van der Waals surface area contributed by atoms with Crippen LogP contribution in [-0.4, -0.2) is 11.8 Å². The van der Waals surface area contributed by atoms with Gasteiger partial charge in [-0.2, -0.15) is 0 Å². The summed E-state index contributed by atoms with van der Waals surface area (Å²) in [4.78, 5) is 25.4. The van der Waals surface area contributed by atoms with Gasteiger partial charge in [0.25, 0.3) is 5.91 Å². The molecule has 1 aliphatic rings. The Kier molecular flexibility index (Phi) is 6.62. The third kappa shape index (κ3) is 5.07. The molecule has 0 unspecified atom stereocenters. The Labute approximate surface area is 172 Å². The molecule has 0 saturated carbocycles. The van der Waals surface area contributed by atoms with E-state index in [1.54, 1.807) is 6.07 Å².